The summed E-state index contributed by atoms with van der Waals surface area (Å²) in [5, 5.41) is 2.84. The van der Waals surface area contributed by atoms with Crippen molar-refractivity contribution in [3.8, 4) is 0 Å². The van der Waals surface area contributed by atoms with Gasteiger partial charge in [-0.1, -0.05) is 12.1 Å². The van der Waals surface area contributed by atoms with Gasteiger partial charge in [0.25, 0.3) is 5.91 Å². The Balaban J connectivity index is 1.99. The van der Waals surface area contributed by atoms with Crippen LogP contribution in [-0.4, -0.2) is 35.3 Å². The summed E-state index contributed by atoms with van der Waals surface area (Å²) in [5.41, 5.74) is 3.35. The Bertz CT molecular complexity index is 709. The zero-order chi connectivity index (χ0) is 16.3. The summed E-state index contributed by atoms with van der Waals surface area (Å²) in [6.45, 7) is 3.93. The molecule has 0 aliphatic carbocycles. The topological polar surface area (TPSA) is 65.2 Å². The number of rotatable bonds is 4. The number of carbonyl (C=O) groups is 2. The number of amides is 2. The van der Waals surface area contributed by atoms with Crippen molar-refractivity contribution in [2.75, 3.05) is 18.9 Å². The second-order valence-electron chi connectivity index (χ2n) is 5.19. The van der Waals surface area contributed by atoms with Gasteiger partial charge in [0.1, 0.15) is 5.69 Å². The zero-order valence-corrected chi connectivity index (χ0v) is 14.3. The second-order valence-corrected chi connectivity index (χ2v) is 6.10. The molecule has 2 amide bonds. The predicted octanol–water partition coefficient (Wildman–Crippen LogP) is 3.10. The van der Waals surface area contributed by atoms with Crippen LogP contribution in [0.4, 0.5) is 5.69 Å². The lowest BCUT2D eigenvalue weighted by Gasteiger charge is -2.17. The van der Waals surface area contributed by atoms with Crippen LogP contribution < -0.4 is 5.32 Å². The lowest BCUT2D eigenvalue weighted by atomic mass is 10.1. The van der Waals surface area contributed by atoms with E-state index in [-0.39, 0.29) is 18.4 Å². The van der Waals surface area contributed by atoms with Crippen LogP contribution in [0.1, 0.15) is 21.6 Å². The molecule has 5 nitrogen and oxygen atoms in total. The summed E-state index contributed by atoms with van der Waals surface area (Å²) in [4.78, 5) is 28.5. The van der Waals surface area contributed by atoms with Gasteiger partial charge in [0.2, 0.25) is 5.91 Å². The third-order valence-electron chi connectivity index (χ3n) is 3.48. The lowest BCUT2D eigenvalue weighted by molar-refractivity contribution is -0.116. The molecule has 2 rings (SSSR count). The van der Waals surface area contributed by atoms with E-state index in [0.717, 1.165) is 21.3 Å². The SMILES string of the molecule is Cc1cccc(NC(=O)CN(C)C(=O)c2cc(Br)c[nH]2)c1C. The van der Waals surface area contributed by atoms with Crippen molar-refractivity contribution >= 4 is 33.4 Å². The van der Waals surface area contributed by atoms with E-state index >= 15 is 0 Å². The quantitative estimate of drug-likeness (QED) is 0.876. The number of aromatic amines is 1. The van der Waals surface area contributed by atoms with Crippen LogP contribution in [0.25, 0.3) is 0 Å². The smallest absolute Gasteiger partial charge is 0.270 e. The number of likely N-dealkylation sites (N-methyl/N-ethyl adjacent to an activating group) is 1. The maximum atomic E-state index is 12.2. The molecule has 116 valence electrons. The minimum Gasteiger partial charge on any atom is -0.356 e. The minimum atomic E-state index is -0.234. The Morgan fingerprint density at radius 3 is 2.68 bits per heavy atom. The average Bonchev–Trinajstić information content (AvgIpc) is 2.89. The predicted molar refractivity (Wildman–Crippen MR) is 90.0 cm³/mol. The van der Waals surface area contributed by atoms with Gasteiger partial charge in [0.15, 0.2) is 0 Å². The summed E-state index contributed by atoms with van der Waals surface area (Å²) in [7, 11) is 1.60. The van der Waals surface area contributed by atoms with Crippen LogP contribution >= 0.6 is 15.9 Å². The number of aryl methyl sites for hydroxylation is 1. The van der Waals surface area contributed by atoms with Crippen molar-refractivity contribution in [2.45, 2.75) is 13.8 Å². The summed E-state index contributed by atoms with van der Waals surface area (Å²) >= 11 is 3.28. The number of aromatic nitrogens is 1. The van der Waals surface area contributed by atoms with E-state index < -0.39 is 0 Å². The van der Waals surface area contributed by atoms with E-state index in [9.17, 15) is 9.59 Å². The van der Waals surface area contributed by atoms with Crippen molar-refractivity contribution in [1.82, 2.24) is 9.88 Å². The number of H-pyrrole nitrogens is 1. The molecule has 0 saturated carbocycles. The molecule has 0 unspecified atom stereocenters. The normalized spacial score (nSPS) is 10.4. The molecule has 2 N–H and O–H groups in total. The molecule has 2 aromatic rings. The van der Waals surface area contributed by atoms with Crippen LogP contribution in [0.3, 0.4) is 0 Å². The molecule has 0 atom stereocenters. The van der Waals surface area contributed by atoms with Gasteiger partial charge < -0.3 is 15.2 Å². The number of anilines is 1. The summed E-state index contributed by atoms with van der Waals surface area (Å²) in [5.74, 6) is -0.461. The lowest BCUT2D eigenvalue weighted by Crippen LogP contribution is -2.35. The molecule has 1 aromatic heterocycles. The molecule has 0 saturated heterocycles. The highest BCUT2D eigenvalue weighted by Gasteiger charge is 2.16. The van der Waals surface area contributed by atoms with E-state index in [1.54, 1.807) is 19.3 Å². The number of carbonyl (C=O) groups excluding carboxylic acids is 2. The van der Waals surface area contributed by atoms with Crippen molar-refractivity contribution in [2.24, 2.45) is 0 Å². The van der Waals surface area contributed by atoms with E-state index in [0.29, 0.717) is 5.69 Å². The fourth-order valence-electron chi connectivity index (χ4n) is 2.06. The van der Waals surface area contributed by atoms with Crippen molar-refractivity contribution in [3.63, 3.8) is 0 Å². The molecule has 22 heavy (non-hydrogen) atoms. The Morgan fingerprint density at radius 1 is 1.32 bits per heavy atom. The molecule has 0 spiro atoms. The highest BCUT2D eigenvalue weighted by Crippen LogP contribution is 2.18. The van der Waals surface area contributed by atoms with Gasteiger partial charge in [0.05, 0.1) is 6.54 Å². The average molecular weight is 364 g/mol. The van der Waals surface area contributed by atoms with Gasteiger partial charge in [-0.05, 0) is 53.0 Å². The third kappa shape index (κ3) is 3.76. The summed E-state index contributed by atoms with van der Waals surface area (Å²) in [6, 6.07) is 7.42. The number of nitrogens with zero attached hydrogens (tertiary/aromatic N) is 1. The van der Waals surface area contributed by atoms with Crippen LogP contribution in [0.15, 0.2) is 34.9 Å². The highest BCUT2D eigenvalue weighted by atomic mass is 79.9. The van der Waals surface area contributed by atoms with E-state index in [4.69, 9.17) is 0 Å². The number of nitrogens with one attached hydrogen (secondary N) is 2. The van der Waals surface area contributed by atoms with Crippen LogP contribution in [0, 0.1) is 13.8 Å². The molecule has 0 aliphatic heterocycles. The molecule has 1 heterocycles. The molecule has 0 bridgehead atoms. The van der Waals surface area contributed by atoms with Gasteiger partial charge >= 0.3 is 0 Å². The zero-order valence-electron chi connectivity index (χ0n) is 12.7. The Kier molecular flexibility index (Phi) is 5.03. The van der Waals surface area contributed by atoms with Gasteiger partial charge in [-0.25, -0.2) is 0 Å². The number of benzene rings is 1. The second kappa shape index (κ2) is 6.79. The first-order chi connectivity index (χ1) is 10.4. The fourth-order valence-corrected chi connectivity index (χ4v) is 2.40. The van der Waals surface area contributed by atoms with E-state index in [1.165, 1.54) is 4.90 Å². The summed E-state index contributed by atoms with van der Waals surface area (Å²) in [6.07, 6.45) is 1.68. The van der Waals surface area contributed by atoms with Crippen LogP contribution in [0.5, 0.6) is 0 Å². The van der Waals surface area contributed by atoms with Gasteiger partial charge in [0, 0.05) is 23.4 Å². The van der Waals surface area contributed by atoms with Crippen LogP contribution in [0.2, 0.25) is 0 Å². The molecular weight excluding hydrogens is 346 g/mol. The van der Waals surface area contributed by atoms with Gasteiger partial charge in [-0.15, -0.1) is 0 Å². The Morgan fingerprint density at radius 2 is 2.05 bits per heavy atom. The highest BCUT2D eigenvalue weighted by molar-refractivity contribution is 9.10. The number of hydrogen-bond donors (Lipinski definition) is 2. The minimum absolute atomic E-state index is 0.0111. The van der Waals surface area contributed by atoms with Crippen molar-refractivity contribution < 1.29 is 9.59 Å². The third-order valence-corrected chi connectivity index (χ3v) is 3.94. The van der Waals surface area contributed by atoms with Crippen molar-refractivity contribution in [1.29, 1.82) is 0 Å². The van der Waals surface area contributed by atoms with E-state index in [1.807, 2.05) is 32.0 Å². The Labute approximate surface area is 137 Å². The molecule has 1 aromatic carbocycles. The monoisotopic (exact) mass is 363 g/mol. The first-order valence-corrected chi connectivity index (χ1v) is 7.63. The first kappa shape index (κ1) is 16.3. The standard InChI is InChI=1S/C16H18BrN3O2/c1-10-5-4-6-13(11(10)2)19-15(21)9-20(3)16(22)14-7-12(17)8-18-14/h4-8,18H,9H2,1-3H3,(H,19,21). The molecule has 6 heteroatoms. The largest absolute Gasteiger partial charge is 0.356 e. The molecule has 0 radical (unpaired) electrons. The van der Waals surface area contributed by atoms with Gasteiger partial charge in [-0.2, -0.15) is 0 Å². The molecule has 0 aliphatic rings. The number of halogens is 1. The van der Waals surface area contributed by atoms with Crippen molar-refractivity contribution in [3.05, 3.63) is 51.8 Å². The van der Waals surface area contributed by atoms with E-state index in [2.05, 4.69) is 26.2 Å². The fraction of sp³-hybridized carbons (Fsp3) is 0.250. The molecule has 0 fully saturated rings. The summed E-state index contributed by atoms with van der Waals surface area (Å²) < 4.78 is 0.795. The maximum Gasteiger partial charge on any atom is 0.270 e. The maximum absolute atomic E-state index is 12.2. The first-order valence-electron chi connectivity index (χ1n) is 6.84. The molecular formula is C16H18BrN3O2. The van der Waals surface area contributed by atoms with Gasteiger partial charge in [-0.3, -0.25) is 9.59 Å². The van der Waals surface area contributed by atoms with Crippen LogP contribution in [-0.2, 0) is 4.79 Å². The Hall–Kier alpha value is -2.08. The number of hydrogen-bond acceptors (Lipinski definition) is 2.